The van der Waals surface area contributed by atoms with Gasteiger partial charge >= 0.3 is 5.97 Å². The molecule has 30 heavy (non-hydrogen) atoms. The van der Waals surface area contributed by atoms with Gasteiger partial charge in [-0.15, -0.1) is 11.3 Å². The van der Waals surface area contributed by atoms with Crippen LogP contribution >= 0.6 is 11.3 Å². The number of hydrogen-bond acceptors (Lipinski definition) is 6. The lowest BCUT2D eigenvalue weighted by Gasteiger charge is -2.12. The minimum absolute atomic E-state index is 0.0133. The molecule has 4 rings (SSSR count). The van der Waals surface area contributed by atoms with Gasteiger partial charge < -0.3 is 9.72 Å². The van der Waals surface area contributed by atoms with E-state index in [1.807, 2.05) is 0 Å². The zero-order valence-corrected chi connectivity index (χ0v) is 17.3. The SMILES string of the molecule is CC(OC(=O)CCc1nc2sc3c(c2c(=O)[nH]1)CCCC3)C(=O)c1ccc(F)cc1. The lowest BCUT2D eigenvalue weighted by molar-refractivity contribution is -0.146. The summed E-state index contributed by atoms with van der Waals surface area (Å²) in [6, 6.07) is 5.07. The van der Waals surface area contributed by atoms with Gasteiger partial charge in [0.2, 0.25) is 5.78 Å². The molecule has 0 saturated carbocycles. The van der Waals surface area contributed by atoms with Crippen molar-refractivity contribution in [3.8, 4) is 0 Å². The number of carbonyl (C=O) groups is 2. The average molecular weight is 428 g/mol. The number of nitrogens with zero attached hydrogens (tertiary/aromatic N) is 1. The molecule has 2 heterocycles. The highest BCUT2D eigenvalue weighted by Gasteiger charge is 2.21. The molecule has 0 spiro atoms. The molecule has 156 valence electrons. The largest absolute Gasteiger partial charge is 0.454 e. The molecule has 1 N–H and O–H groups in total. The zero-order valence-electron chi connectivity index (χ0n) is 16.5. The molecule has 1 unspecified atom stereocenters. The van der Waals surface area contributed by atoms with Crippen molar-refractivity contribution in [3.63, 3.8) is 0 Å². The van der Waals surface area contributed by atoms with Crippen LogP contribution in [0.15, 0.2) is 29.1 Å². The Labute approximate surface area is 176 Å². The average Bonchev–Trinajstić information content (AvgIpc) is 3.11. The predicted molar refractivity (Wildman–Crippen MR) is 111 cm³/mol. The second kappa shape index (κ2) is 8.47. The third kappa shape index (κ3) is 4.18. The van der Waals surface area contributed by atoms with Crippen LogP contribution in [0.2, 0.25) is 0 Å². The first-order chi connectivity index (χ1) is 14.4. The van der Waals surface area contributed by atoms with Crippen molar-refractivity contribution in [3.05, 3.63) is 62.3 Å². The van der Waals surface area contributed by atoms with Gasteiger partial charge in [-0.25, -0.2) is 9.37 Å². The highest BCUT2D eigenvalue weighted by molar-refractivity contribution is 7.18. The van der Waals surface area contributed by atoms with E-state index < -0.39 is 23.7 Å². The molecule has 0 fully saturated rings. The fourth-order valence-corrected chi connectivity index (χ4v) is 4.99. The number of hydrogen-bond donors (Lipinski definition) is 1. The monoisotopic (exact) mass is 428 g/mol. The van der Waals surface area contributed by atoms with Gasteiger partial charge in [0.05, 0.1) is 11.8 Å². The summed E-state index contributed by atoms with van der Waals surface area (Å²) in [6.07, 6.45) is 3.32. The molecule has 8 heteroatoms. The first-order valence-electron chi connectivity index (χ1n) is 9.95. The number of aromatic nitrogens is 2. The quantitative estimate of drug-likeness (QED) is 0.477. The maximum absolute atomic E-state index is 13.0. The summed E-state index contributed by atoms with van der Waals surface area (Å²) >= 11 is 1.56. The van der Waals surface area contributed by atoms with Crippen LogP contribution in [0.25, 0.3) is 10.2 Å². The summed E-state index contributed by atoms with van der Waals surface area (Å²) < 4.78 is 18.2. The normalized spacial score (nSPS) is 14.3. The van der Waals surface area contributed by atoms with Crippen LogP contribution in [-0.4, -0.2) is 27.8 Å². The summed E-state index contributed by atoms with van der Waals surface area (Å²) in [5, 5.41) is 0.680. The number of benzene rings is 1. The van der Waals surface area contributed by atoms with E-state index in [0.29, 0.717) is 16.0 Å². The molecule has 2 aromatic heterocycles. The number of esters is 1. The van der Waals surface area contributed by atoms with Crippen LogP contribution < -0.4 is 5.56 Å². The Bertz CT molecular complexity index is 1170. The highest BCUT2D eigenvalue weighted by Crippen LogP contribution is 2.33. The number of H-pyrrole nitrogens is 1. The maximum Gasteiger partial charge on any atom is 0.306 e. The van der Waals surface area contributed by atoms with Gasteiger partial charge in [-0.2, -0.15) is 0 Å². The van der Waals surface area contributed by atoms with Gasteiger partial charge in [0, 0.05) is 16.9 Å². The molecule has 1 aliphatic rings. The molecule has 3 aromatic rings. The van der Waals surface area contributed by atoms with Gasteiger partial charge in [-0.05, 0) is 62.4 Å². The lowest BCUT2D eigenvalue weighted by Crippen LogP contribution is -2.25. The molecule has 0 bridgehead atoms. The molecule has 0 amide bonds. The Morgan fingerprint density at radius 2 is 1.97 bits per heavy atom. The molecular formula is C22H21FN2O4S. The smallest absolute Gasteiger partial charge is 0.306 e. The van der Waals surface area contributed by atoms with Crippen molar-refractivity contribution in [2.24, 2.45) is 0 Å². The number of fused-ring (bicyclic) bond motifs is 3. The van der Waals surface area contributed by atoms with E-state index in [4.69, 9.17) is 4.74 Å². The molecule has 0 saturated heterocycles. The van der Waals surface area contributed by atoms with Crippen LogP contribution in [0.4, 0.5) is 4.39 Å². The first-order valence-corrected chi connectivity index (χ1v) is 10.8. The molecule has 1 aliphatic carbocycles. The van der Waals surface area contributed by atoms with Crippen molar-refractivity contribution in [1.29, 1.82) is 0 Å². The first kappa shape index (κ1) is 20.4. The topological polar surface area (TPSA) is 89.1 Å². The van der Waals surface area contributed by atoms with Crippen molar-refractivity contribution in [2.45, 2.75) is 51.6 Å². The number of aromatic amines is 1. The second-order valence-corrected chi connectivity index (χ2v) is 8.49. The number of halogens is 1. The number of nitrogens with one attached hydrogen (secondary N) is 1. The van der Waals surface area contributed by atoms with Gasteiger partial charge in [0.25, 0.3) is 5.56 Å². The van der Waals surface area contributed by atoms with Crippen LogP contribution in [0.3, 0.4) is 0 Å². The van der Waals surface area contributed by atoms with Crippen LogP contribution in [0.1, 0.15) is 52.8 Å². The third-order valence-corrected chi connectivity index (χ3v) is 6.43. The Hall–Kier alpha value is -2.87. The standard InChI is InChI=1S/C22H21FN2O4S/c1-12(20(27)13-6-8-14(23)9-7-13)29-18(26)11-10-17-24-21(28)19-15-4-2-3-5-16(15)30-22(19)25-17/h6-9,12H,2-5,10-11H2,1H3,(H,24,25,28). The van der Waals surface area contributed by atoms with E-state index in [0.717, 1.165) is 31.2 Å². The zero-order chi connectivity index (χ0) is 21.3. The van der Waals surface area contributed by atoms with E-state index in [-0.39, 0.29) is 24.0 Å². The predicted octanol–water partition coefficient (Wildman–Crippen LogP) is 3.75. The number of thiophene rings is 1. The number of Topliss-reactive ketones (excluding diaryl/α,β-unsaturated/α-hetero) is 1. The van der Waals surface area contributed by atoms with Crippen LogP contribution in [0.5, 0.6) is 0 Å². The number of aryl methyl sites for hydroxylation is 3. The summed E-state index contributed by atoms with van der Waals surface area (Å²) in [5.74, 6) is -0.978. The van der Waals surface area contributed by atoms with Gasteiger partial charge in [-0.1, -0.05) is 0 Å². The van der Waals surface area contributed by atoms with Crippen molar-refractivity contribution in [1.82, 2.24) is 9.97 Å². The molecular weight excluding hydrogens is 407 g/mol. The molecule has 6 nitrogen and oxygen atoms in total. The third-order valence-electron chi connectivity index (χ3n) is 5.25. The number of rotatable bonds is 6. The van der Waals surface area contributed by atoms with Gasteiger partial charge in [0.1, 0.15) is 16.5 Å². The Kier molecular flexibility index (Phi) is 5.76. The Morgan fingerprint density at radius 3 is 2.73 bits per heavy atom. The van der Waals surface area contributed by atoms with Crippen LogP contribution in [-0.2, 0) is 28.8 Å². The summed E-state index contributed by atoms with van der Waals surface area (Å²) in [6.45, 7) is 1.48. The van der Waals surface area contributed by atoms with Gasteiger partial charge in [0.15, 0.2) is 6.10 Å². The van der Waals surface area contributed by atoms with Crippen molar-refractivity contribution < 1.29 is 18.7 Å². The van der Waals surface area contributed by atoms with Crippen molar-refractivity contribution >= 4 is 33.3 Å². The molecule has 1 aromatic carbocycles. The highest BCUT2D eigenvalue weighted by atomic mass is 32.1. The molecule has 1 atom stereocenters. The van der Waals surface area contributed by atoms with Crippen LogP contribution in [0, 0.1) is 5.82 Å². The fourth-order valence-electron chi connectivity index (χ4n) is 3.71. The number of carbonyl (C=O) groups excluding carboxylic acids is 2. The maximum atomic E-state index is 13.0. The van der Waals surface area contributed by atoms with Crippen molar-refractivity contribution in [2.75, 3.05) is 0 Å². The summed E-state index contributed by atoms with van der Waals surface area (Å²) in [5.41, 5.74) is 1.23. The fraction of sp³-hybridized carbons (Fsp3) is 0.364. The lowest BCUT2D eigenvalue weighted by atomic mass is 9.97. The van der Waals surface area contributed by atoms with E-state index >= 15 is 0 Å². The van der Waals surface area contributed by atoms with E-state index in [1.165, 1.54) is 36.1 Å². The number of ether oxygens (including phenoxy) is 1. The minimum atomic E-state index is -0.985. The summed E-state index contributed by atoms with van der Waals surface area (Å²) in [4.78, 5) is 46.3. The molecule has 0 aliphatic heterocycles. The molecule has 0 radical (unpaired) electrons. The Morgan fingerprint density at radius 1 is 1.23 bits per heavy atom. The van der Waals surface area contributed by atoms with Gasteiger partial charge in [-0.3, -0.25) is 14.4 Å². The Balaban J connectivity index is 1.40. The minimum Gasteiger partial charge on any atom is -0.454 e. The van der Waals surface area contributed by atoms with E-state index in [1.54, 1.807) is 11.3 Å². The van der Waals surface area contributed by atoms with E-state index in [9.17, 15) is 18.8 Å². The number of ketones is 1. The van der Waals surface area contributed by atoms with E-state index in [2.05, 4.69) is 9.97 Å². The summed E-state index contributed by atoms with van der Waals surface area (Å²) in [7, 11) is 0. The second-order valence-electron chi connectivity index (χ2n) is 7.41.